The summed E-state index contributed by atoms with van der Waals surface area (Å²) >= 11 is 0. The smallest absolute Gasteiger partial charge is 0.330 e. The summed E-state index contributed by atoms with van der Waals surface area (Å²) in [5.74, 6) is 0.461. The van der Waals surface area contributed by atoms with Gasteiger partial charge in [0, 0.05) is 13.6 Å². The fourth-order valence-corrected chi connectivity index (χ4v) is 1.45. The van der Waals surface area contributed by atoms with E-state index in [-0.39, 0.29) is 0 Å². The Morgan fingerprint density at radius 1 is 1.40 bits per heavy atom. The Kier molecular flexibility index (Phi) is 2.07. The van der Waals surface area contributed by atoms with E-state index >= 15 is 0 Å². The minimum atomic E-state index is -0.450. The van der Waals surface area contributed by atoms with Gasteiger partial charge < -0.3 is 10.3 Å². The van der Waals surface area contributed by atoms with Crippen molar-refractivity contribution in [3.05, 3.63) is 20.8 Å². The quantitative estimate of drug-likeness (QED) is 0.619. The second-order valence-corrected chi connectivity index (χ2v) is 3.04. The van der Waals surface area contributed by atoms with Crippen molar-refractivity contribution >= 4 is 17.1 Å². The van der Waals surface area contributed by atoms with E-state index in [9.17, 15) is 9.59 Å². The molecule has 0 aliphatic heterocycles. The van der Waals surface area contributed by atoms with Crippen LogP contribution >= 0.6 is 0 Å². The van der Waals surface area contributed by atoms with Crippen molar-refractivity contribution in [2.75, 3.05) is 12.4 Å². The predicted octanol–water partition coefficient (Wildman–Crippen LogP) is -0.526. The molecule has 0 bridgehead atoms. The Bertz CT molecular complexity index is 606. The Labute approximate surface area is 84.2 Å². The molecule has 7 heteroatoms. The van der Waals surface area contributed by atoms with E-state index in [1.165, 1.54) is 4.57 Å². The van der Waals surface area contributed by atoms with Gasteiger partial charge in [0.25, 0.3) is 5.56 Å². The van der Waals surface area contributed by atoms with Gasteiger partial charge in [-0.05, 0) is 6.92 Å². The first kappa shape index (κ1) is 9.50. The summed E-state index contributed by atoms with van der Waals surface area (Å²) in [6.07, 6.45) is 0. The summed E-state index contributed by atoms with van der Waals surface area (Å²) in [5, 5.41) is 2.78. The first-order valence-electron chi connectivity index (χ1n) is 4.58. The molecule has 0 aromatic carbocycles. The summed E-state index contributed by atoms with van der Waals surface area (Å²) < 4.78 is 1.40. The van der Waals surface area contributed by atoms with Crippen molar-refractivity contribution in [1.29, 1.82) is 0 Å². The molecule has 80 valence electrons. The van der Waals surface area contributed by atoms with Gasteiger partial charge in [-0.3, -0.25) is 14.3 Å². The van der Waals surface area contributed by atoms with Gasteiger partial charge in [-0.2, -0.15) is 4.98 Å². The van der Waals surface area contributed by atoms with Crippen molar-refractivity contribution in [3.8, 4) is 0 Å². The van der Waals surface area contributed by atoms with Gasteiger partial charge in [0.05, 0.1) is 0 Å². The molecule has 2 aromatic rings. The van der Waals surface area contributed by atoms with E-state index in [1.807, 2.05) is 6.92 Å². The number of anilines is 1. The number of rotatable bonds is 2. The van der Waals surface area contributed by atoms with Crippen LogP contribution in [0.4, 0.5) is 5.95 Å². The first-order chi connectivity index (χ1) is 7.17. The number of H-pyrrole nitrogens is 2. The van der Waals surface area contributed by atoms with Gasteiger partial charge in [-0.25, -0.2) is 4.79 Å². The van der Waals surface area contributed by atoms with E-state index < -0.39 is 11.2 Å². The largest absolute Gasteiger partial charge is 0.359 e. The van der Waals surface area contributed by atoms with Crippen LogP contribution in [0.15, 0.2) is 9.59 Å². The molecule has 0 aliphatic rings. The van der Waals surface area contributed by atoms with Crippen LogP contribution in [0.25, 0.3) is 11.2 Å². The van der Waals surface area contributed by atoms with Gasteiger partial charge in [0.1, 0.15) is 0 Å². The maximum absolute atomic E-state index is 11.4. The number of fused-ring (bicyclic) bond motifs is 1. The van der Waals surface area contributed by atoms with E-state index in [4.69, 9.17) is 0 Å². The van der Waals surface area contributed by atoms with Crippen LogP contribution < -0.4 is 16.6 Å². The van der Waals surface area contributed by atoms with Crippen molar-refractivity contribution in [3.63, 3.8) is 0 Å². The number of aryl methyl sites for hydroxylation is 1. The molecule has 0 unspecified atom stereocenters. The van der Waals surface area contributed by atoms with Crippen molar-refractivity contribution in [2.45, 2.75) is 13.5 Å². The van der Waals surface area contributed by atoms with Crippen LogP contribution in [0.5, 0.6) is 0 Å². The maximum atomic E-state index is 11.4. The Morgan fingerprint density at radius 2 is 2.13 bits per heavy atom. The lowest BCUT2D eigenvalue weighted by atomic mass is 10.5. The number of aromatic amines is 2. The standard InChI is InChI=1S/C8H11N5O2/c1-3-13-5-4(6(14)12-8(13)15)10-7(9-2)11-5/h3H2,1-2H3,(H2,9,10,11)(H,12,14,15). The van der Waals surface area contributed by atoms with Gasteiger partial charge in [-0.15, -0.1) is 0 Å². The summed E-state index contributed by atoms with van der Waals surface area (Å²) in [6, 6.07) is 0. The molecule has 2 aromatic heterocycles. The van der Waals surface area contributed by atoms with E-state index in [2.05, 4.69) is 20.3 Å². The molecule has 0 radical (unpaired) electrons. The fraction of sp³-hybridized carbons (Fsp3) is 0.375. The molecule has 0 spiro atoms. The van der Waals surface area contributed by atoms with E-state index in [1.54, 1.807) is 7.05 Å². The molecule has 2 rings (SSSR count). The lowest BCUT2D eigenvalue weighted by molar-refractivity contribution is 0.720. The molecular weight excluding hydrogens is 198 g/mol. The van der Waals surface area contributed by atoms with Crippen molar-refractivity contribution in [2.24, 2.45) is 0 Å². The normalized spacial score (nSPS) is 10.8. The second kappa shape index (κ2) is 3.26. The number of nitrogens with zero attached hydrogens (tertiary/aromatic N) is 2. The highest BCUT2D eigenvalue weighted by Gasteiger charge is 2.10. The summed E-state index contributed by atoms with van der Waals surface area (Å²) in [5.41, 5.74) is -0.214. The zero-order valence-corrected chi connectivity index (χ0v) is 8.42. The van der Waals surface area contributed by atoms with Crippen LogP contribution in [-0.4, -0.2) is 26.6 Å². The van der Waals surface area contributed by atoms with Gasteiger partial charge in [0.15, 0.2) is 11.2 Å². The monoisotopic (exact) mass is 209 g/mol. The molecule has 0 saturated carbocycles. The zero-order chi connectivity index (χ0) is 11.0. The second-order valence-electron chi connectivity index (χ2n) is 3.04. The molecule has 7 nitrogen and oxygen atoms in total. The topological polar surface area (TPSA) is 95.6 Å². The van der Waals surface area contributed by atoms with Crippen LogP contribution in [0.3, 0.4) is 0 Å². The highest BCUT2D eigenvalue weighted by molar-refractivity contribution is 5.72. The highest BCUT2D eigenvalue weighted by atomic mass is 16.2. The molecule has 0 fully saturated rings. The number of hydrogen-bond donors (Lipinski definition) is 3. The Balaban J connectivity index is 2.94. The van der Waals surface area contributed by atoms with E-state index in [0.717, 1.165) is 0 Å². The third-order valence-electron chi connectivity index (χ3n) is 2.19. The molecule has 2 heterocycles. The maximum Gasteiger partial charge on any atom is 0.330 e. The zero-order valence-electron chi connectivity index (χ0n) is 8.42. The third kappa shape index (κ3) is 1.32. The van der Waals surface area contributed by atoms with Crippen LogP contribution in [-0.2, 0) is 6.54 Å². The minimum Gasteiger partial charge on any atom is -0.359 e. The van der Waals surface area contributed by atoms with Crippen LogP contribution in [0.2, 0.25) is 0 Å². The molecule has 0 atom stereocenters. The minimum absolute atomic E-state index is 0.306. The predicted molar refractivity (Wildman–Crippen MR) is 56.2 cm³/mol. The number of hydrogen-bond acceptors (Lipinski definition) is 4. The number of aromatic nitrogens is 4. The molecule has 3 N–H and O–H groups in total. The van der Waals surface area contributed by atoms with Crippen molar-refractivity contribution < 1.29 is 0 Å². The molecule has 0 saturated heterocycles. The lowest BCUT2D eigenvalue weighted by Gasteiger charge is -1.99. The average Bonchev–Trinajstić information content (AvgIpc) is 2.62. The Morgan fingerprint density at radius 3 is 2.73 bits per heavy atom. The number of nitrogens with one attached hydrogen (secondary N) is 3. The van der Waals surface area contributed by atoms with E-state index in [0.29, 0.717) is 23.7 Å². The van der Waals surface area contributed by atoms with Crippen LogP contribution in [0.1, 0.15) is 6.92 Å². The fourth-order valence-electron chi connectivity index (χ4n) is 1.45. The van der Waals surface area contributed by atoms with Gasteiger partial charge >= 0.3 is 5.69 Å². The first-order valence-corrected chi connectivity index (χ1v) is 4.58. The summed E-state index contributed by atoms with van der Waals surface area (Å²) in [7, 11) is 1.68. The SMILES string of the molecule is CCn1c(=O)[nH]c(=O)c2[nH]c(NC)nc21. The van der Waals surface area contributed by atoms with Crippen LogP contribution in [0, 0.1) is 0 Å². The molecule has 15 heavy (non-hydrogen) atoms. The summed E-state index contributed by atoms with van der Waals surface area (Å²) in [4.78, 5) is 32.0. The van der Waals surface area contributed by atoms with Crippen molar-refractivity contribution in [1.82, 2.24) is 19.5 Å². The molecule has 0 amide bonds. The number of imidazole rings is 1. The molecular formula is C8H11N5O2. The highest BCUT2D eigenvalue weighted by Crippen LogP contribution is 2.07. The summed E-state index contributed by atoms with van der Waals surface area (Å²) in [6.45, 7) is 2.27. The van der Waals surface area contributed by atoms with Gasteiger partial charge in [0.2, 0.25) is 5.95 Å². The Hall–Kier alpha value is -2.05. The molecule has 0 aliphatic carbocycles. The third-order valence-corrected chi connectivity index (χ3v) is 2.19. The average molecular weight is 209 g/mol. The van der Waals surface area contributed by atoms with Gasteiger partial charge in [-0.1, -0.05) is 0 Å². The lowest BCUT2D eigenvalue weighted by Crippen LogP contribution is -2.29.